The Labute approximate surface area is 267 Å². The lowest BCUT2D eigenvalue weighted by molar-refractivity contribution is -0.222. The van der Waals surface area contributed by atoms with Gasteiger partial charge >= 0.3 is 0 Å². The van der Waals surface area contributed by atoms with Crippen LogP contribution in [0.2, 0.25) is 0 Å². The summed E-state index contributed by atoms with van der Waals surface area (Å²) in [6, 6.07) is 3.81. The lowest BCUT2D eigenvalue weighted by Gasteiger charge is -2.66. The molecule has 8 atom stereocenters. The van der Waals surface area contributed by atoms with Gasteiger partial charge in [0, 0.05) is 11.3 Å². The lowest BCUT2D eigenvalue weighted by Crippen LogP contribution is -2.79. The van der Waals surface area contributed by atoms with Crippen molar-refractivity contribution in [1.29, 1.82) is 0 Å². The molecule has 3 unspecified atom stereocenters. The van der Waals surface area contributed by atoms with Crippen molar-refractivity contribution in [3.05, 3.63) is 28.8 Å². The summed E-state index contributed by atoms with van der Waals surface area (Å²) in [4.78, 5) is 69.9. The van der Waals surface area contributed by atoms with Crippen LogP contribution in [-0.2, 0) is 25.6 Å². The molecular weight excluding hydrogens is 568 g/mol. The quantitative estimate of drug-likeness (QED) is 0.379. The monoisotopic (exact) mass is 620 g/mol. The summed E-state index contributed by atoms with van der Waals surface area (Å²) < 4.78 is 0. The Hall–Kier alpha value is -2.67. The molecular formula is C38H52O7. The highest BCUT2D eigenvalue weighted by molar-refractivity contribution is 6.32. The average molecular weight is 621 g/mol. The van der Waals surface area contributed by atoms with Gasteiger partial charge in [-0.3, -0.25) is 24.0 Å². The number of hydrogen-bond donors (Lipinski definition) is 2. The Morgan fingerprint density at radius 1 is 0.933 bits per heavy atom. The molecule has 3 saturated carbocycles. The highest BCUT2D eigenvalue weighted by atomic mass is 16.3. The van der Waals surface area contributed by atoms with E-state index in [0.717, 1.165) is 26.2 Å². The molecule has 7 nitrogen and oxygen atoms in total. The predicted octanol–water partition coefficient (Wildman–Crippen LogP) is 6.29. The van der Waals surface area contributed by atoms with E-state index in [4.69, 9.17) is 0 Å². The van der Waals surface area contributed by atoms with Gasteiger partial charge in [0.15, 0.2) is 28.7 Å². The van der Waals surface area contributed by atoms with Crippen molar-refractivity contribution in [2.45, 2.75) is 113 Å². The van der Waals surface area contributed by atoms with Crippen molar-refractivity contribution >= 4 is 28.9 Å². The second-order valence-electron chi connectivity index (χ2n) is 17.5. The third kappa shape index (κ3) is 4.34. The summed E-state index contributed by atoms with van der Waals surface area (Å²) in [5, 5.41) is 24.2. The van der Waals surface area contributed by atoms with Gasteiger partial charge in [-0.05, 0) is 83.7 Å². The van der Waals surface area contributed by atoms with Gasteiger partial charge in [0.1, 0.15) is 17.5 Å². The van der Waals surface area contributed by atoms with Crippen LogP contribution in [0, 0.1) is 57.2 Å². The minimum Gasteiger partial charge on any atom is -0.507 e. The summed E-state index contributed by atoms with van der Waals surface area (Å²) in [5.41, 5.74) is -3.67. The fourth-order valence-electron chi connectivity index (χ4n) is 11.5. The summed E-state index contributed by atoms with van der Waals surface area (Å²) in [5.74, 6) is -9.41. The van der Waals surface area contributed by atoms with Gasteiger partial charge in [0.05, 0.1) is 11.5 Å². The minimum atomic E-state index is -2.71. The first kappa shape index (κ1) is 33.7. The fraction of sp³-hybridized carbons (Fsp3) is 0.711. The Morgan fingerprint density at radius 3 is 2.00 bits per heavy atom. The summed E-state index contributed by atoms with van der Waals surface area (Å²) >= 11 is 0. The first-order valence-corrected chi connectivity index (χ1v) is 16.7. The van der Waals surface area contributed by atoms with Crippen LogP contribution in [-0.4, -0.2) is 44.7 Å². The predicted molar refractivity (Wildman–Crippen MR) is 171 cm³/mol. The molecule has 4 aliphatic rings. The highest BCUT2D eigenvalue weighted by Gasteiger charge is 2.79. The summed E-state index contributed by atoms with van der Waals surface area (Å²) in [6.07, 6.45) is 3.69. The Morgan fingerprint density at radius 2 is 1.49 bits per heavy atom. The number of rotatable bonds is 4. The maximum atomic E-state index is 14.8. The van der Waals surface area contributed by atoms with Crippen LogP contribution >= 0.6 is 0 Å². The van der Waals surface area contributed by atoms with E-state index in [1.807, 2.05) is 32.9 Å². The van der Waals surface area contributed by atoms with Crippen LogP contribution in [0.1, 0.15) is 123 Å². The second kappa shape index (κ2) is 10.2. The van der Waals surface area contributed by atoms with Crippen molar-refractivity contribution in [2.24, 2.45) is 57.2 Å². The van der Waals surface area contributed by atoms with E-state index in [9.17, 15) is 34.2 Å². The second-order valence-corrected chi connectivity index (χ2v) is 17.5. The van der Waals surface area contributed by atoms with E-state index in [0.29, 0.717) is 23.5 Å². The first-order chi connectivity index (χ1) is 20.5. The summed E-state index contributed by atoms with van der Waals surface area (Å²) in [7, 11) is 0. The van der Waals surface area contributed by atoms with Crippen molar-refractivity contribution in [3.63, 3.8) is 0 Å². The number of Topliss-reactive ketones (excluding diaryl/α,β-unsaturated/α-hetero) is 5. The van der Waals surface area contributed by atoms with Crippen LogP contribution in [0.3, 0.4) is 0 Å². The molecule has 1 aromatic rings. The van der Waals surface area contributed by atoms with E-state index in [1.54, 1.807) is 20.8 Å². The number of benzene rings is 1. The Kier molecular flexibility index (Phi) is 7.61. The van der Waals surface area contributed by atoms with Crippen molar-refractivity contribution in [2.75, 3.05) is 0 Å². The van der Waals surface area contributed by atoms with Gasteiger partial charge in [0.25, 0.3) is 0 Å². The molecule has 0 saturated heterocycles. The molecule has 5 rings (SSSR count). The molecule has 4 aliphatic carbocycles. The zero-order valence-corrected chi connectivity index (χ0v) is 29.0. The van der Waals surface area contributed by atoms with E-state index in [1.165, 1.54) is 0 Å². The van der Waals surface area contributed by atoms with Gasteiger partial charge in [-0.25, -0.2) is 0 Å². The molecule has 1 aromatic carbocycles. The zero-order chi connectivity index (χ0) is 34.0. The number of carbonyl (C=O) groups is 5. The molecule has 7 heteroatoms. The van der Waals surface area contributed by atoms with E-state index in [2.05, 4.69) is 27.7 Å². The standard InChI is InChI=1S/C38H52O7/c1-18(2)27-30(41)25(20(4)39)32(43)38(45)33(44)28-31(42)26-24(19(3)36(28,10)21(5)37(27,38)11)13-12-23(29(26)40)14-22-15-34(6,7)17-35(8,9)16-22/h12-13,18-19,21-22,25,27-28,40,45H,14-17H2,1-11H3/t19-,21-,25?,27?,28?,36-,37-,38+/m1/s1. The van der Waals surface area contributed by atoms with Crippen LogP contribution in [0.5, 0.6) is 5.75 Å². The zero-order valence-electron chi connectivity index (χ0n) is 29.0. The van der Waals surface area contributed by atoms with E-state index < -0.39 is 74.9 Å². The van der Waals surface area contributed by atoms with Crippen LogP contribution in [0.25, 0.3) is 0 Å². The normalized spacial score (nSPS) is 39.4. The van der Waals surface area contributed by atoms with Crippen molar-refractivity contribution < 1.29 is 34.2 Å². The topological polar surface area (TPSA) is 126 Å². The number of carbonyl (C=O) groups excluding carboxylic acids is 5. The smallest absolute Gasteiger partial charge is 0.190 e. The molecule has 0 amide bonds. The van der Waals surface area contributed by atoms with Crippen LogP contribution in [0.4, 0.5) is 0 Å². The van der Waals surface area contributed by atoms with Crippen molar-refractivity contribution in [1.82, 2.24) is 0 Å². The lowest BCUT2D eigenvalue weighted by atomic mass is 9.35. The van der Waals surface area contributed by atoms with E-state index in [-0.39, 0.29) is 28.1 Å². The highest BCUT2D eigenvalue weighted by Crippen LogP contribution is 2.69. The molecule has 0 aromatic heterocycles. The molecule has 0 aliphatic heterocycles. The molecule has 0 heterocycles. The number of fused-ring (bicyclic) bond motifs is 3. The van der Waals surface area contributed by atoms with Crippen molar-refractivity contribution in [3.8, 4) is 5.75 Å². The molecule has 246 valence electrons. The number of phenolic OH excluding ortho intramolecular Hbond substituents is 1. The van der Waals surface area contributed by atoms with Crippen LogP contribution < -0.4 is 0 Å². The maximum absolute atomic E-state index is 14.8. The average Bonchev–Trinajstić information content (AvgIpc) is 2.88. The Bertz CT molecular complexity index is 1500. The third-order valence-electron chi connectivity index (χ3n) is 13.1. The summed E-state index contributed by atoms with van der Waals surface area (Å²) in [6.45, 7) is 21.0. The van der Waals surface area contributed by atoms with Gasteiger partial charge in [-0.15, -0.1) is 0 Å². The maximum Gasteiger partial charge on any atom is 0.190 e. The first-order valence-electron chi connectivity index (χ1n) is 16.7. The number of hydrogen-bond acceptors (Lipinski definition) is 7. The Balaban J connectivity index is 1.66. The van der Waals surface area contributed by atoms with Gasteiger partial charge < -0.3 is 10.2 Å². The van der Waals surface area contributed by atoms with Gasteiger partial charge in [-0.2, -0.15) is 0 Å². The fourth-order valence-corrected chi connectivity index (χ4v) is 11.5. The third-order valence-corrected chi connectivity index (χ3v) is 13.1. The number of phenols is 1. The molecule has 0 radical (unpaired) electrons. The minimum absolute atomic E-state index is 0.0902. The number of aliphatic hydroxyl groups is 1. The number of ketones is 5. The van der Waals surface area contributed by atoms with E-state index >= 15 is 0 Å². The largest absolute Gasteiger partial charge is 0.507 e. The molecule has 45 heavy (non-hydrogen) atoms. The molecule has 0 spiro atoms. The van der Waals surface area contributed by atoms with Crippen LogP contribution in [0.15, 0.2) is 12.1 Å². The number of aromatic hydroxyl groups is 1. The van der Waals surface area contributed by atoms with Gasteiger partial charge in [-0.1, -0.05) is 81.4 Å². The molecule has 3 fully saturated rings. The molecule has 0 bridgehead atoms. The molecule has 2 N–H and O–H groups in total. The SMILES string of the molecule is CC(=O)C1C(=O)C(C(C)C)[C@@]2(C)[C@H](C)[C@]3(C)C(C(=O)c4c(ccc(CC5CC(C)(C)CC(C)(C)C5)c4O)[C@H]3C)C(=O)[C@@]2(O)C1=O. The van der Waals surface area contributed by atoms with Gasteiger partial charge in [0.2, 0.25) is 0 Å².